The minimum Gasteiger partial charge on any atom is -0.334 e. The van der Waals surface area contributed by atoms with Crippen LogP contribution in [0.25, 0.3) is 11.5 Å². The van der Waals surface area contributed by atoms with Gasteiger partial charge in [0.05, 0.1) is 0 Å². The molecule has 1 unspecified atom stereocenters. The molecule has 0 saturated carbocycles. The maximum Gasteiger partial charge on any atom is 0.258 e. The van der Waals surface area contributed by atoms with Crippen molar-refractivity contribution in [3.8, 4) is 11.5 Å². The molecular weight excluding hydrogens is 333 g/mol. The lowest BCUT2D eigenvalue weighted by Crippen LogP contribution is -2.25. The highest BCUT2D eigenvalue weighted by molar-refractivity contribution is 5.97. The van der Waals surface area contributed by atoms with Crippen molar-refractivity contribution in [3.05, 3.63) is 65.2 Å². The summed E-state index contributed by atoms with van der Waals surface area (Å²) in [6.07, 6.45) is 0.309. The van der Waals surface area contributed by atoms with Gasteiger partial charge in [-0.3, -0.25) is 4.79 Å². The van der Waals surface area contributed by atoms with Crippen LogP contribution in [0.5, 0.6) is 0 Å². The molecule has 2 aromatic carbocycles. The smallest absolute Gasteiger partial charge is 0.258 e. The Hall–Kier alpha value is -3.02. The first-order valence-electron chi connectivity index (χ1n) is 8.49. The number of halogens is 1. The molecule has 26 heavy (non-hydrogen) atoms. The van der Waals surface area contributed by atoms with E-state index >= 15 is 0 Å². The second-order valence-corrected chi connectivity index (χ2v) is 6.61. The fourth-order valence-corrected chi connectivity index (χ4v) is 3.36. The Morgan fingerprint density at radius 1 is 1.15 bits per heavy atom. The van der Waals surface area contributed by atoms with Crippen molar-refractivity contribution >= 4 is 11.6 Å². The van der Waals surface area contributed by atoms with E-state index < -0.39 is 0 Å². The Morgan fingerprint density at radius 2 is 1.96 bits per heavy atom. The van der Waals surface area contributed by atoms with Crippen LogP contribution in [0.1, 0.15) is 29.3 Å². The number of carbonyl (C=O) groups is 1. The maximum absolute atomic E-state index is 13.3. The van der Waals surface area contributed by atoms with Gasteiger partial charge in [-0.2, -0.15) is 4.98 Å². The lowest BCUT2D eigenvalue weighted by atomic mass is 10.1. The number of amides is 1. The minimum absolute atomic E-state index is 0.0213. The molecule has 0 spiro atoms. The molecule has 4 rings (SSSR count). The number of aromatic nitrogens is 2. The average Bonchev–Trinajstić information content (AvgIpc) is 3.22. The summed E-state index contributed by atoms with van der Waals surface area (Å²) >= 11 is 0. The fourth-order valence-electron chi connectivity index (χ4n) is 3.36. The predicted octanol–water partition coefficient (Wildman–Crippen LogP) is 4.01. The largest absolute Gasteiger partial charge is 0.334 e. The van der Waals surface area contributed by atoms with Gasteiger partial charge in [-0.1, -0.05) is 23.4 Å². The molecule has 1 amide bonds. The lowest BCUT2D eigenvalue weighted by Gasteiger charge is -2.18. The summed E-state index contributed by atoms with van der Waals surface area (Å²) in [6, 6.07) is 12.2. The minimum atomic E-state index is -0.310. The second-order valence-electron chi connectivity index (χ2n) is 6.61. The van der Waals surface area contributed by atoms with E-state index in [0.717, 1.165) is 22.4 Å². The van der Waals surface area contributed by atoms with Crippen molar-refractivity contribution in [2.75, 3.05) is 11.4 Å². The topological polar surface area (TPSA) is 59.2 Å². The van der Waals surface area contributed by atoms with E-state index in [-0.39, 0.29) is 17.6 Å². The molecule has 0 aliphatic carbocycles. The number of carbonyl (C=O) groups excluding carboxylic acids is 1. The van der Waals surface area contributed by atoms with Gasteiger partial charge >= 0.3 is 0 Å². The van der Waals surface area contributed by atoms with Crippen LogP contribution in [0.4, 0.5) is 10.1 Å². The van der Waals surface area contributed by atoms with Gasteiger partial charge in [-0.05, 0) is 49.2 Å². The Morgan fingerprint density at radius 3 is 2.73 bits per heavy atom. The summed E-state index contributed by atoms with van der Waals surface area (Å²) in [5, 5.41) is 4.09. The summed E-state index contributed by atoms with van der Waals surface area (Å²) in [5.74, 6) is 0.511. The molecule has 0 N–H and O–H groups in total. The molecule has 5 nitrogen and oxygen atoms in total. The Kier molecular flexibility index (Phi) is 4.03. The molecule has 6 heteroatoms. The third-order valence-electron chi connectivity index (χ3n) is 4.76. The van der Waals surface area contributed by atoms with Crippen molar-refractivity contribution in [1.82, 2.24) is 10.1 Å². The third kappa shape index (κ3) is 2.87. The molecule has 2 heterocycles. The fraction of sp³-hybridized carbons (Fsp3) is 0.250. The van der Waals surface area contributed by atoms with Gasteiger partial charge in [0.15, 0.2) is 5.82 Å². The maximum atomic E-state index is 13.3. The summed E-state index contributed by atoms with van der Waals surface area (Å²) < 4.78 is 18.8. The van der Waals surface area contributed by atoms with Crippen molar-refractivity contribution in [3.63, 3.8) is 0 Å². The Balaban J connectivity index is 1.59. The highest BCUT2D eigenvalue weighted by Crippen LogP contribution is 2.33. The first-order valence-corrected chi connectivity index (χ1v) is 8.49. The van der Waals surface area contributed by atoms with E-state index in [1.807, 2.05) is 31.2 Å². The van der Waals surface area contributed by atoms with Gasteiger partial charge in [0.2, 0.25) is 5.91 Å². The van der Waals surface area contributed by atoms with E-state index in [1.165, 1.54) is 12.1 Å². The zero-order chi connectivity index (χ0) is 18.3. The molecule has 132 valence electrons. The van der Waals surface area contributed by atoms with E-state index in [1.54, 1.807) is 17.9 Å². The summed E-state index contributed by atoms with van der Waals surface area (Å²) in [6.45, 7) is 4.24. The zero-order valence-electron chi connectivity index (χ0n) is 14.6. The van der Waals surface area contributed by atoms with E-state index in [9.17, 15) is 9.18 Å². The van der Waals surface area contributed by atoms with Gasteiger partial charge in [0.1, 0.15) is 5.82 Å². The van der Waals surface area contributed by atoms with Gasteiger partial charge in [0, 0.05) is 30.1 Å². The third-order valence-corrected chi connectivity index (χ3v) is 4.76. The zero-order valence-corrected chi connectivity index (χ0v) is 14.6. The van der Waals surface area contributed by atoms with Crippen LogP contribution in [-0.2, 0) is 4.79 Å². The number of benzene rings is 2. The SMILES string of the molecule is Cc1ccccc1-c1nc(C2CC(=O)N(c3ccc(F)cc3C)C2)no1. The van der Waals surface area contributed by atoms with Crippen molar-refractivity contribution < 1.29 is 13.7 Å². The first kappa shape index (κ1) is 16.4. The number of nitrogens with zero attached hydrogens (tertiary/aromatic N) is 3. The van der Waals surface area contributed by atoms with Crippen LogP contribution >= 0.6 is 0 Å². The van der Waals surface area contributed by atoms with Crippen molar-refractivity contribution in [2.45, 2.75) is 26.2 Å². The number of hydrogen-bond acceptors (Lipinski definition) is 4. The van der Waals surface area contributed by atoms with Gasteiger partial charge < -0.3 is 9.42 Å². The van der Waals surface area contributed by atoms with Crippen LogP contribution in [0.3, 0.4) is 0 Å². The Labute approximate surface area is 150 Å². The monoisotopic (exact) mass is 351 g/mol. The lowest BCUT2D eigenvalue weighted by molar-refractivity contribution is -0.117. The summed E-state index contributed by atoms with van der Waals surface area (Å²) in [4.78, 5) is 18.6. The number of aryl methyl sites for hydroxylation is 2. The normalized spacial score (nSPS) is 17.1. The average molecular weight is 351 g/mol. The Bertz CT molecular complexity index is 983. The van der Waals surface area contributed by atoms with Crippen molar-refractivity contribution in [1.29, 1.82) is 0 Å². The van der Waals surface area contributed by atoms with E-state index in [4.69, 9.17) is 4.52 Å². The van der Waals surface area contributed by atoms with Crippen LogP contribution in [-0.4, -0.2) is 22.6 Å². The van der Waals surface area contributed by atoms with Gasteiger partial charge in [0.25, 0.3) is 5.89 Å². The highest BCUT2D eigenvalue weighted by Gasteiger charge is 2.35. The van der Waals surface area contributed by atoms with Gasteiger partial charge in [-0.15, -0.1) is 0 Å². The number of anilines is 1. The van der Waals surface area contributed by atoms with Gasteiger partial charge in [-0.25, -0.2) is 4.39 Å². The molecule has 1 aromatic heterocycles. The number of hydrogen-bond donors (Lipinski definition) is 0. The van der Waals surface area contributed by atoms with Crippen LogP contribution in [0.2, 0.25) is 0 Å². The molecular formula is C20H18FN3O2. The highest BCUT2D eigenvalue weighted by atomic mass is 19.1. The van der Waals surface area contributed by atoms with Crippen LogP contribution in [0.15, 0.2) is 47.0 Å². The van der Waals surface area contributed by atoms with E-state index in [0.29, 0.717) is 24.7 Å². The summed E-state index contributed by atoms with van der Waals surface area (Å²) in [5.41, 5.74) is 3.39. The molecule has 1 fully saturated rings. The van der Waals surface area contributed by atoms with E-state index in [2.05, 4.69) is 10.1 Å². The van der Waals surface area contributed by atoms with Crippen molar-refractivity contribution in [2.24, 2.45) is 0 Å². The number of rotatable bonds is 3. The molecule has 1 aliphatic heterocycles. The second kappa shape index (κ2) is 6.37. The van der Waals surface area contributed by atoms with Crippen LogP contribution < -0.4 is 4.90 Å². The first-order chi connectivity index (χ1) is 12.5. The van der Waals surface area contributed by atoms with Crippen LogP contribution in [0, 0.1) is 19.7 Å². The summed E-state index contributed by atoms with van der Waals surface area (Å²) in [7, 11) is 0. The predicted molar refractivity (Wildman–Crippen MR) is 95.3 cm³/mol. The molecule has 0 radical (unpaired) electrons. The molecule has 1 saturated heterocycles. The molecule has 3 aromatic rings. The quantitative estimate of drug-likeness (QED) is 0.715. The molecule has 0 bridgehead atoms. The molecule has 1 aliphatic rings. The standard InChI is InChI=1S/C20H18FN3O2/c1-12-5-3-4-6-16(12)20-22-19(23-26-20)14-10-18(25)24(11-14)17-8-7-15(21)9-13(17)2/h3-9,14H,10-11H2,1-2H3. The molecule has 1 atom stereocenters.